The van der Waals surface area contributed by atoms with Gasteiger partial charge in [0.25, 0.3) is 5.91 Å². The summed E-state index contributed by atoms with van der Waals surface area (Å²) in [7, 11) is 1.64. The number of carbonyl (C=O) groups excluding carboxylic acids is 2. The van der Waals surface area contributed by atoms with Crippen molar-refractivity contribution in [2.24, 2.45) is 5.92 Å². The van der Waals surface area contributed by atoms with Gasteiger partial charge in [-0.2, -0.15) is 0 Å². The number of likely N-dealkylation sites (tertiary alicyclic amines) is 1. The summed E-state index contributed by atoms with van der Waals surface area (Å²) in [6, 6.07) is 7.37. The van der Waals surface area contributed by atoms with Crippen molar-refractivity contribution in [1.82, 2.24) is 10.2 Å². The van der Waals surface area contributed by atoms with Crippen molar-refractivity contribution in [2.75, 3.05) is 46.6 Å². The van der Waals surface area contributed by atoms with E-state index in [9.17, 15) is 9.59 Å². The number of ether oxygens (including phenoxy) is 2. The van der Waals surface area contributed by atoms with Crippen LogP contribution in [-0.4, -0.2) is 63.3 Å². The molecular weight excluding hydrogens is 400 g/mol. The summed E-state index contributed by atoms with van der Waals surface area (Å²) < 4.78 is 11.2. The molecule has 0 aromatic heterocycles. The van der Waals surface area contributed by atoms with E-state index in [1.54, 1.807) is 7.11 Å². The van der Waals surface area contributed by atoms with Crippen LogP contribution in [-0.2, 0) is 14.3 Å². The predicted molar refractivity (Wildman–Crippen MR) is 103 cm³/mol. The second kappa shape index (κ2) is 11.3. The van der Waals surface area contributed by atoms with Crippen LogP contribution < -0.4 is 5.32 Å². The van der Waals surface area contributed by atoms with E-state index >= 15 is 0 Å². The molecule has 0 atom stereocenters. The van der Waals surface area contributed by atoms with Gasteiger partial charge in [0.15, 0.2) is 0 Å². The molecule has 0 saturated carbocycles. The fourth-order valence-corrected chi connectivity index (χ4v) is 3.16. The molecular formula is C19H27BrN2O4. The van der Waals surface area contributed by atoms with E-state index in [4.69, 9.17) is 9.47 Å². The molecule has 1 fully saturated rings. The van der Waals surface area contributed by atoms with E-state index in [1.165, 1.54) is 0 Å². The largest absolute Gasteiger partial charge is 0.382 e. The number of nitrogens with zero attached hydrogens (tertiary/aromatic N) is 1. The zero-order chi connectivity index (χ0) is 18.8. The van der Waals surface area contributed by atoms with Crippen LogP contribution in [0.5, 0.6) is 0 Å². The Morgan fingerprint density at radius 1 is 1.15 bits per heavy atom. The Balaban J connectivity index is 1.65. The van der Waals surface area contributed by atoms with Gasteiger partial charge in [-0.3, -0.25) is 9.59 Å². The number of nitrogens with one attached hydrogen (secondary N) is 1. The van der Waals surface area contributed by atoms with E-state index in [2.05, 4.69) is 21.2 Å². The first-order valence-corrected chi connectivity index (χ1v) is 9.80. The zero-order valence-electron chi connectivity index (χ0n) is 15.2. The summed E-state index contributed by atoms with van der Waals surface area (Å²) >= 11 is 3.37. The van der Waals surface area contributed by atoms with Crippen LogP contribution in [0.3, 0.4) is 0 Å². The number of rotatable bonds is 9. The molecule has 1 saturated heterocycles. The van der Waals surface area contributed by atoms with Crippen LogP contribution in [0.15, 0.2) is 28.7 Å². The maximum atomic E-state index is 12.5. The van der Waals surface area contributed by atoms with Crippen LogP contribution in [0.4, 0.5) is 0 Å². The van der Waals surface area contributed by atoms with Gasteiger partial charge in [0.2, 0.25) is 5.91 Å². The third kappa shape index (κ3) is 6.70. The monoisotopic (exact) mass is 426 g/mol. The second-order valence-electron chi connectivity index (χ2n) is 6.32. The molecule has 0 aliphatic carbocycles. The Bertz CT molecular complexity index is 571. The predicted octanol–water partition coefficient (Wildman–Crippen LogP) is 2.47. The van der Waals surface area contributed by atoms with Gasteiger partial charge in [-0.1, -0.05) is 15.9 Å². The molecule has 0 bridgehead atoms. The van der Waals surface area contributed by atoms with Gasteiger partial charge in [-0.25, -0.2) is 0 Å². The highest BCUT2D eigenvalue weighted by molar-refractivity contribution is 9.10. The number of benzene rings is 1. The average Bonchev–Trinajstić information content (AvgIpc) is 2.67. The van der Waals surface area contributed by atoms with Crippen LogP contribution in [0, 0.1) is 5.92 Å². The highest BCUT2D eigenvalue weighted by Crippen LogP contribution is 2.20. The molecule has 1 aromatic carbocycles. The third-order valence-electron chi connectivity index (χ3n) is 4.44. The van der Waals surface area contributed by atoms with Crippen molar-refractivity contribution >= 4 is 27.7 Å². The molecule has 1 heterocycles. The third-order valence-corrected chi connectivity index (χ3v) is 4.97. The minimum atomic E-state index is -0.0154. The first kappa shape index (κ1) is 20.9. The normalized spacial score (nSPS) is 15.1. The summed E-state index contributed by atoms with van der Waals surface area (Å²) in [6.45, 7) is 3.63. The highest BCUT2D eigenvalue weighted by atomic mass is 79.9. The average molecular weight is 427 g/mol. The first-order valence-electron chi connectivity index (χ1n) is 9.01. The molecule has 1 N–H and O–H groups in total. The fourth-order valence-electron chi connectivity index (χ4n) is 2.89. The standard InChI is InChI=1S/C19H27BrN2O4/c1-25-13-14-26-12-2-9-21-18(23)15-7-10-22(11-8-15)19(24)16-3-5-17(20)6-4-16/h3-6,15H,2,7-14H2,1H3,(H,21,23). The van der Waals surface area contributed by atoms with Crippen LogP contribution in [0.25, 0.3) is 0 Å². The van der Waals surface area contributed by atoms with Crippen LogP contribution in [0.2, 0.25) is 0 Å². The van der Waals surface area contributed by atoms with Crippen molar-refractivity contribution in [3.63, 3.8) is 0 Å². The van der Waals surface area contributed by atoms with Gasteiger partial charge >= 0.3 is 0 Å². The molecule has 6 nitrogen and oxygen atoms in total. The van der Waals surface area contributed by atoms with E-state index < -0.39 is 0 Å². The summed E-state index contributed by atoms with van der Waals surface area (Å²) in [6.07, 6.45) is 2.20. The van der Waals surface area contributed by atoms with Gasteiger partial charge in [0.1, 0.15) is 0 Å². The summed E-state index contributed by atoms with van der Waals surface area (Å²) in [4.78, 5) is 26.6. The lowest BCUT2D eigenvalue weighted by Crippen LogP contribution is -2.43. The molecule has 26 heavy (non-hydrogen) atoms. The Hall–Kier alpha value is -1.44. The molecule has 0 unspecified atom stereocenters. The van der Waals surface area contributed by atoms with Gasteiger partial charge in [-0.15, -0.1) is 0 Å². The van der Waals surface area contributed by atoms with E-state index in [0.29, 0.717) is 57.9 Å². The first-order chi connectivity index (χ1) is 12.6. The summed E-state index contributed by atoms with van der Waals surface area (Å²) in [5, 5.41) is 2.97. The molecule has 1 aliphatic heterocycles. The molecule has 2 amide bonds. The highest BCUT2D eigenvalue weighted by Gasteiger charge is 2.27. The van der Waals surface area contributed by atoms with Crippen LogP contribution >= 0.6 is 15.9 Å². The number of hydrogen-bond donors (Lipinski definition) is 1. The number of hydrogen-bond acceptors (Lipinski definition) is 4. The molecule has 144 valence electrons. The van der Waals surface area contributed by atoms with Gasteiger partial charge in [0.05, 0.1) is 13.2 Å². The Morgan fingerprint density at radius 3 is 2.50 bits per heavy atom. The lowest BCUT2D eigenvalue weighted by molar-refractivity contribution is -0.126. The second-order valence-corrected chi connectivity index (χ2v) is 7.24. The molecule has 0 spiro atoms. The lowest BCUT2D eigenvalue weighted by Gasteiger charge is -2.31. The van der Waals surface area contributed by atoms with Crippen molar-refractivity contribution < 1.29 is 19.1 Å². The SMILES string of the molecule is COCCOCCCNC(=O)C1CCN(C(=O)c2ccc(Br)cc2)CC1. The Morgan fingerprint density at radius 2 is 1.85 bits per heavy atom. The zero-order valence-corrected chi connectivity index (χ0v) is 16.8. The molecule has 7 heteroatoms. The Labute approximate surface area is 163 Å². The summed E-state index contributed by atoms with van der Waals surface area (Å²) in [5.41, 5.74) is 0.685. The minimum absolute atomic E-state index is 0.0154. The van der Waals surface area contributed by atoms with Crippen molar-refractivity contribution in [1.29, 1.82) is 0 Å². The number of amides is 2. The fraction of sp³-hybridized carbons (Fsp3) is 0.579. The number of halogens is 1. The summed E-state index contributed by atoms with van der Waals surface area (Å²) in [5.74, 6) is 0.0978. The molecule has 1 aromatic rings. The quantitative estimate of drug-likeness (QED) is 0.615. The smallest absolute Gasteiger partial charge is 0.253 e. The van der Waals surface area contributed by atoms with Crippen molar-refractivity contribution in [2.45, 2.75) is 19.3 Å². The molecule has 1 aliphatic rings. The van der Waals surface area contributed by atoms with Crippen molar-refractivity contribution in [3.8, 4) is 0 Å². The van der Waals surface area contributed by atoms with E-state index in [-0.39, 0.29) is 17.7 Å². The molecule has 2 rings (SSSR count). The maximum absolute atomic E-state index is 12.5. The number of piperidine rings is 1. The van der Waals surface area contributed by atoms with Gasteiger partial charge in [0, 0.05) is 49.3 Å². The topological polar surface area (TPSA) is 67.9 Å². The van der Waals surface area contributed by atoms with Crippen molar-refractivity contribution in [3.05, 3.63) is 34.3 Å². The van der Waals surface area contributed by atoms with E-state index in [0.717, 1.165) is 10.9 Å². The van der Waals surface area contributed by atoms with Crippen LogP contribution in [0.1, 0.15) is 29.6 Å². The van der Waals surface area contributed by atoms with Gasteiger partial charge < -0.3 is 19.7 Å². The van der Waals surface area contributed by atoms with Gasteiger partial charge in [-0.05, 0) is 43.5 Å². The molecule has 0 radical (unpaired) electrons. The minimum Gasteiger partial charge on any atom is -0.382 e. The number of carbonyl (C=O) groups is 2. The Kier molecular flexibility index (Phi) is 9.08. The maximum Gasteiger partial charge on any atom is 0.253 e. The van der Waals surface area contributed by atoms with E-state index in [1.807, 2.05) is 29.2 Å². The number of methoxy groups -OCH3 is 1. The lowest BCUT2D eigenvalue weighted by atomic mass is 9.95.